The zero-order valence-corrected chi connectivity index (χ0v) is 8.70. The van der Waals surface area contributed by atoms with E-state index in [4.69, 9.17) is 10.7 Å². The van der Waals surface area contributed by atoms with Gasteiger partial charge in [-0.1, -0.05) is 24.3 Å². The first kappa shape index (κ1) is 9.73. The van der Waals surface area contributed by atoms with Gasteiger partial charge in [0.15, 0.2) is 0 Å². The third-order valence-corrected chi connectivity index (χ3v) is 3.76. The molecule has 0 spiro atoms. The molecule has 2 unspecified atom stereocenters. The summed E-state index contributed by atoms with van der Waals surface area (Å²) in [5.41, 5.74) is 0. The molecule has 4 nitrogen and oxygen atoms in total. The Balaban J connectivity index is 2.30. The van der Waals surface area contributed by atoms with Gasteiger partial charge in [-0.05, 0) is 6.42 Å². The van der Waals surface area contributed by atoms with E-state index >= 15 is 0 Å². The molecule has 2 atom stereocenters. The smallest absolute Gasteiger partial charge is 0.273 e. The normalized spacial score (nSPS) is 30.9. The van der Waals surface area contributed by atoms with Crippen LogP contribution in [0.25, 0.3) is 0 Å². The Hall–Kier alpha value is -0.810. The highest BCUT2D eigenvalue weighted by molar-refractivity contribution is 8.12. The van der Waals surface area contributed by atoms with Gasteiger partial charge in [0.25, 0.3) is 0 Å². The van der Waals surface area contributed by atoms with Crippen LogP contribution in [-0.2, 0) is 14.0 Å². The maximum Gasteiger partial charge on any atom is 0.324 e. The van der Waals surface area contributed by atoms with E-state index in [0.29, 0.717) is 6.42 Å². The first-order chi connectivity index (χ1) is 6.52. The molecule has 1 fully saturated rings. The number of fused-ring (bicyclic) bond motifs is 1. The molecular weight excluding hydrogens is 226 g/mol. The van der Waals surface area contributed by atoms with Crippen LogP contribution in [0.5, 0.6) is 0 Å². The molecule has 0 radical (unpaired) electrons. The number of rotatable bonds is 1. The number of carbonyl (C=O) groups excluding carboxylic acids is 1. The van der Waals surface area contributed by atoms with Gasteiger partial charge in [0.05, 0.1) is 12.0 Å². The molecule has 2 aliphatic rings. The van der Waals surface area contributed by atoms with Crippen LogP contribution >= 0.6 is 10.7 Å². The van der Waals surface area contributed by atoms with Crippen molar-refractivity contribution >= 4 is 25.8 Å². The minimum atomic E-state index is -3.91. The van der Waals surface area contributed by atoms with Gasteiger partial charge < -0.3 is 0 Å². The lowest BCUT2D eigenvalue weighted by Gasteiger charge is -2.42. The fraction of sp³-hybridized carbons (Fsp3) is 0.375. The summed E-state index contributed by atoms with van der Waals surface area (Å²) in [6.07, 6.45) is 7.60. The average Bonchev–Trinajstić information content (AvgIpc) is 2.24. The van der Waals surface area contributed by atoms with Gasteiger partial charge in [-0.2, -0.15) is 8.42 Å². The lowest BCUT2D eigenvalue weighted by atomic mass is 9.89. The number of halogens is 1. The maximum absolute atomic E-state index is 11.4. The van der Waals surface area contributed by atoms with Gasteiger partial charge >= 0.3 is 9.24 Å². The zero-order valence-electron chi connectivity index (χ0n) is 7.13. The Morgan fingerprint density at radius 3 is 2.79 bits per heavy atom. The first-order valence-corrected chi connectivity index (χ1v) is 6.39. The molecule has 2 rings (SSSR count). The number of amides is 1. The second-order valence-electron chi connectivity index (χ2n) is 3.22. The quantitative estimate of drug-likeness (QED) is 0.498. The minimum absolute atomic E-state index is 0.333. The Morgan fingerprint density at radius 2 is 2.14 bits per heavy atom. The summed E-state index contributed by atoms with van der Waals surface area (Å²) in [6.45, 7) is 0. The SMILES string of the molecule is O=C1C2C=CC=CCC2N1S(=O)(=O)Cl. The van der Waals surface area contributed by atoms with Gasteiger partial charge in [-0.25, -0.2) is 4.31 Å². The predicted molar refractivity (Wildman–Crippen MR) is 51.8 cm³/mol. The van der Waals surface area contributed by atoms with Crippen molar-refractivity contribution in [1.82, 2.24) is 4.31 Å². The Kier molecular flexibility index (Phi) is 2.16. The van der Waals surface area contributed by atoms with Crippen molar-refractivity contribution in [2.45, 2.75) is 12.5 Å². The second-order valence-corrected chi connectivity index (χ2v) is 5.61. The molecule has 0 aromatic carbocycles. The summed E-state index contributed by atoms with van der Waals surface area (Å²) in [5.74, 6) is -0.775. The summed E-state index contributed by atoms with van der Waals surface area (Å²) in [7, 11) is 1.22. The largest absolute Gasteiger partial charge is 0.324 e. The molecule has 1 heterocycles. The van der Waals surface area contributed by atoms with Crippen molar-refractivity contribution in [3.05, 3.63) is 24.3 Å². The number of nitrogens with zero attached hydrogens (tertiary/aromatic N) is 1. The van der Waals surface area contributed by atoms with Gasteiger partial charge in [0.2, 0.25) is 5.91 Å². The van der Waals surface area contributed by atoms with Crippen LogP contribution in [0.2, 0.25) is 0 Å². The molecule has 1 amide bonds. The van der Waals surface area contributed by atoms with Crippen LogP contribution in [0.3, 0.4) is 0 Å². The number of hydrogen-bond acceptors (Lipinski definition) is 3. The van der Waals surface area contributed by atoms with Crippen LogP contribution in [0.1, 0.15) is 6.42 Å². The number of hydrogen-bond donors (Lipinski definition) is 0. The van der Waals surface area contributed by atoms with E-state index in [9.17, 15) is 13.2 Å². The predicted octanol–water partition coefficient (Wildman–Crippen LogP) is 0.813. The molecule has 6 heteroatoms. The molecule has 0 bridgehead atoms. The number of carbonyl (C=O) groups is 1. The molecular formula is C8H8ClNO3S. The van der Waals surface area contributed by atoms with Gasteiger partial charge in [0.1, 0.15) is 0 Å². The van der Waals surface area contributed by atoms with E-state index in [0.717, 1.165) is 4.31 Å². The highest BCUT2D eigenvalue weighted by Crippen LogP contribution is 2.35. The van der Waals surface area contributed by atoms with E-state index in [1.165, 1.54) is 0 Å². The lowest BCUT2D eigenvalue weighted by Crippen LogP contribution is -2.60. The van der Waals surface area contributed by atoms with Gasteiger partial charge in [-0.3, -0.25) is 4.79 Å². The van der Waals surface area contributed by atoms with Crippen molar-refractivity contribution < 1.29 is 13.2 Å². The molecule has 0 saturated carbocycles. The molecule has 1 saturated heterocycles. The van der Waals surface area contributed by atoms with Crippen LogP contribution in [-0.4, -0.2) is 24.7 Å². The van der Waals surface area contributed by atoms with Crippen LogP contribution in [0, 0.1) is 5.92 Å². The van der Waals surface area contributed by atoms with Gasteiger partial charge in [0, 0.05) is 10.7 Å². The second kappa shape index (κ2) is 3.10. The van der Waals surface area contributed by atoms with Crippen LogP contribution in [0.4, 0.5) is 0 Å². The van der Waals surface area contributed by atoms with E-state index in [1.54, 1.807) is 18.2 Å². The minimum Gasteiger partial charge on any atom is -0.273 e. The monoisotopic (exact) mass is 233 g/mol. The fourth-order valence-corrected chi connectivity index (χ4v) is 3.13. The molecule has 76 valence electrons. The summed E-state index contributed by atoms with van der Waals surface area (Å²) in [5, 5.41) is 0. The van der Waals surface area contributed by atoms with Crippen LogP contribution < -0.4 is 0 Å². The van der Waals surface area contributed by atoms with Crippen molar-refractivity contribution in [2.75, 3.05) is 0 Å². The first-order valence-electron chi connectivity index (χ1n) is 4.13. The summed E-state index contributed by atoms with van der Waals surface area (Å²) in [6, 6.07) is -0.333. The molecule has 0 aromatic heterocycles. The Bertz CT molecular complexity index is 426. The number of β-lactam (4-membered cyclic amide) rings is 1. The van der Waals surface area contributed by atoms with Crippen molar-refractivity contribution in [3.8, 4) is 0 Å². The highest BCUT2D eigenvalue weighted by atomic mass is 35.7. The van der Waals surface area contributed by atoms with Crippen LogP contribution in [0.15, 0.2) is 24.3 Å². The molecule has 0 N–H and O–H groups in total. The number of allylic oxidation sites excluding steroid dienone is 2. The summed E-state index contributed by atoms with van der Waals surface area (Å²) >= 11 is 0. The third-order valence-electron chi connectivity index (χ3n) is 2.40. The molecule has 1 aliphatic heterocycles. The third kappa shape index (κ3) is 1.36. The van der Waals surface area contributed by atoms with Crippen molar-refractivity contribution in [2.24, 2.45) is 5.92 Å². The van der Waals surface area contributed by atoms with Crippen molar-refractivity contribution in [3.63, 3.8) is 0 Å². The lowest BCUT2D eigenvalue weighted by molar-refractivity contribution is -0.142. The average molecular weight is 234 g/mol. The Morgan fingerprint density at radius 1 is 1.43 bits per heavy atom. The topological polar surface area (TPSA) is 54.5 Å². The zero-order chi connectivity index (χ0) is 10.3. The summed E-state index contributed by atoms with van der Waals surface area (Å²) in [4.78, 5) is 11.4. The molecule has 1 aliphatic carbocycles. The fourth-order valence-electron chi connectivity index (χ4n) is 1.74. The Labute approximate surface area is 86.4 Å². The van der Waals surface area contributed by atoms with E-state index in [-0.39, 0.29) is 12.0 Å². The highest BCUT2D eigenvalue weighted by Gasteiger charge is 2.51. The van der Waals surface area contributed by atoms with Gasteiger partial charge in [-0.15, -0.1) is 0 Å². The van der Waals surface area contributed by atoms with Crippen molar-refractivity contribution in [1.29, 1.82) is 0 Å². The molecule has 0 aromatic rings. The maximum atomic E-state index is 11.4. The molecule has 14 heavy (non-hydrogen) atoms. The summed E-state index contributed by atoms with van der Waals surface area (Å²) < 4.78 is 22.8. The van der Waals surface area contributed by atoms with E-state index in [1.807, 2.05) is 6.08 Å². The van der Waals surface area contributed by atoms with E-state index in [2.05, 4.69) is 0 Å². The van der Waals surface area contributed by atoms with E-state index < -0.39 is 15.1 Å². The standard InChI is InChI=1S/C8H8ClNO3S/c9-14(12,13)10-7-5-3-1-2-4-6(7)8(10)11/h1-4,6-7H,5H2.